The highest BCUT2D eigenvalue weighted by Gasteiger charge is 2.38. The first kappa shape index (κ1) is 67.9. The molecule has 0 unspecified atom stereocenters. The number of hydrogen-bond donors (Lipinski definition) is 9. The monoisotopic (exact) mass is 1140 g/mol. The predicted octanol–water partition coefficient (Wildman–Crippen LogP) is 6.16. The largest absolute Gasteiger partial charge is 0.480 e. The molecule has 3 rings (SSSR count). The lowest BCUT2D eigenvalue weighted by molar-refractivity contribution is -0.158. The number of carbonyl (C=O) groups excluding carboxylic acids is 8. The van der Waals surface area contributed by atoms with E-state index < -0.39 is 120 Å². The van der Waals surface area contributed by atoms with Gasteiger partial charge in [-0.1, -0.05) is 104 Å². The summed E-state index contributed by atoms with van der Waals surface area (Å²) < 4.78 is 22.2. The number of fused-ring (bicyclic) bond motifs is 3. The highest BCUT2D eigenvalue weighted by Crippen LogP contribution is 2.44. The smallest absolute Gasteiger partial charge is 0.408 e. The highest BCUT2D eigenvalue weighted by molar-refractivity contribution is 7.80. The Bertz CT molecular complexity index is 2410. The van der Waals surface area contributed by atoms with E-state index >= 15 is 0 Å². The Morgan fingerprint density at radius 3 is 1.24 bits per heavy atom. The van der Waals surface area contributed by atoms with Gasteiger partial charge in [-0.05, 0) is 120 Å². The number of amides is 7. The molecule has 0 fully saturated rings. The molecular weight excluding hydrogens is 1050 g/mol. The summed E-state index contributed by atoms with van der Waals surface area (Å²) in [7, 11) is 0. The summed E-state index contributed by atoms with van der Waals surface area (Å²) in [6, 6.07) is 6.45. The van der Waals surface area contributed by atoms with Gasteiger partial charge in [0, 0.05) is 11.7 Å². The van der Waals surface area contributed by atoms with E-state index in [9.17, 15) is 48.3 Å². The lowest BCUT2D eigenvalue weighted by Gasteiger charge is -2.32. The second-order valence-electron chi connectivity index (χ2n) is 24.1. The van der Waals surface area contributed by atoms with E-state index in [2.05, 4.69) is 49.8 Å². The maximum atomic E-state index is 14.4. The lowest BCUT2D eigenvalue weighted by atomic mass is 9.98. The highest BCUT2D eigenvalue weighted by atomic mass is 32.1. The molecule has 1 aliphatic rings. The maximum Gasteiger partial charge on any atom is 0.408 e. The number of carboxylic acids is 1. The molecule has 0 heterocycles. The molecule has 2 aromatic rings. The van der Waals surface area contributed by atoms with Gasteiger partial charge in [-0.25, -0.2) is 19.2 Å². The average Bonchev–Trinajstić information content (AvgIpc) is 3.65. The van der Waals surface area contributed by atoms with Crippen LogP contribution in [0.4, 0.5) is 9.59 Å². The Morgan fingerprint density at radius 1 is 0.500 bits per heavy atom. The fourth-order valence-electron chi connectivity index (χ4n) is 9.00. The predicted molar refractivity (Wildman–Crippen MR) is 305 cm³/mol. The van der Waals surface area contributed by atoms with E-state index in [4.69, 9.17) is 18.9 Å². The summed E-state index contributed by atoms with van der Waals surface area (Å²) in [6.07, 6.45) is -2.50. The number of nitrogens with one attached hydrogen (secondary N) is 7. The van der Waals surface area contributed by atoms with Crippen molar-refractivity contribution in [2.75, 3.05) is 19.0 Å². The van der Waals surface area contributed by atoms with Crippen LogP contribution in [0.3, 0.4) is 0 Å². The van der Waals surface area contributed by atoms with Crippen LogP contribution in [-0.4, -0.2) is 137 Å². The van der Waals surface area contributed by atoms with Gasteiger partial charge in [-0.2, -0.15) is 12.6 Å². The number of rotatable bonds is 29. The summed E-state index contributed by atoms with van der Waals surface area (Å²) in [5.74, 6) is -7.20. The minimum atomic E-state index is -1.72. The topological polar surface area (TPSA) is 295 Å². The summed E-state index contributed by atoms with van der Waals surface area (Å²) >= 11 is 4.33. The Balaban J connectivity index is 1.79. The van der Waals surface area contributed by atoms with Gasteiger partial charge in [0.15, 0.2) is 12.1 Å². The van der Waals surface area contributed by atoms with Gasteiger partial charge < -0.3 is 61.3 Å². The molecule has 0 radical (unpaired) electrons. The van der Waals surface area contributed by atoms with Crippen LogP contribution >= 0.6 is 12.6 Å². The summed E-state index contributed by atoms with van der Waals surface area (Å²) in [5, 5.41) is 28.3. The Kier molecular flexibility index (Phi) is 26.3. The molecule has 0 saturated heterocycles. The van der Waals surface area contributed by atoms with Crippen LogP contribution in [0.1, 0.15) is 147 Å². The van der Waals surface area contributed by atoms with Crippen LogP contribution in [0.25, 0.3) is 11.1 Å². The van der Waals surface area contributed by atoms with Crippen LogP contribution in [0.15, 0.2) is 48.5 Å². The Morgan fingerprint density at radius 2 is 0.875 bits per heavy atom. The van der Waals surface area contributed by atoms with Gasteiger partial charge >= 0.3 is 24.1 Å². The van der Waals surface area contributed by atoms with Crippen LogP contribution in [0.5, 0.6) is 0 Å². The van der Waals surface area contributed by atoms with Crippen molar-refractivity contribution < 1.29 is 67.2 Å². The molecular formula is C58H89N7O14S. The molecule has 21 nitrogen and oxygen atoms in total. The molecule has 0 spiro atoms. The molecule has 446 valence electrons. The molecule has 7 amide bonds. The summed E-state index contributed by atoms with van der Waals surface area (Å²) in [6.45, 7) is 25.3. The molecule has 22 heteroatoms. The zero-order chi connectivity index (χ0) is 60.4. The summed E-state index contributed by atoms with van der Waals surface area (Å²) in [4.78, 5) is 122. The van der Waals surface area contributed by atoms with E-state index in [0.717, 1.165) is 22.3 Å². The number of alkyl carbamates (subject to hydrolysis) is 2. The van der Waals surface area contributed by atoms with Gasteiger partial charge in [0.1, 0.15) is 49.0 Å². The van der Waals surface area contributed by atoms with Crippen molar-refractivity contribution in [2.45, 2.75) is 195 Å². The first-order valence-electron chi connectivity index (χ1n) is 27.5. The molecule has 8 N–H and O–H groups in total. The van der Waals surface area contributed by atoms with E-state index in [1.807, 2.05) is 104 Å². The quantitative estimate of drug-likeness (QED) is 0.0251. The van der Waals surface area contributed by atoms with Gasteiger partial charge in [0.05, 0.1) is 11.7 Å². The molecule has 0 aliphatic heterocycles. The Hall–Kier alpha value is -6.42. The lowest BCUT2D eigenvalue weighted by Crippen LogP contribution is -2.60. The number of carboxylic acid groups (broad SMARTS) is 1. The van der Waals surface area contributed by atoms with Crippen LogP contribution in [0.2, 0.25) is 0 Å². The number of hydrogen-bond acceptors (Lipinski definition) is 14. The fraction of sp³-hybridized carbons (Fsp3) is 0.638. The second-order valence-corrected chi connectivity index (χ2v) is 24.4. The normalized spacial score (nSPS) is 15.4. The molecule has 80 heavy (non-hydrogen) atoms. The molecule has 2 aromatic carbocycles. The second kappa shape index (κ2) is 31.0. The maximum absolute atomic E-state index is 14.4. The van der Waals surface area contributed by atoms with Crippen LogP contribution in [-0.2, 0) is 52.5 Å². The van der Waals surface area contributed by atoms with Gasteiger partial charge in [-0.3, -0.25) is 24.0 Å². The van der Waals surface area contributed by atoms with Crippen molar-refractivity contribution >= 4 is 66.3 Å². The molecule has 0 bridgehead atoms. The molecule has 0 aromatic heterocycles. The van der Waals surface area contributed by atoms with Crippen molar-refractivity contribution in [1.29, 1.82) is 0 Å². The third-order valence-electron chi connectivity index (χ3n) is 12.4. The van der Waals surface area contributed by atoms with Crippen LogP contribution < -0.4 is 37.2 Å². The van der Waals surface area contributed by atoms with Crippen molar-refractivity contribution in [3.63, 3.8) is 0 Å². The first-order valence-corrected chi connectivity index (χ1v) is 28.1. The van der Waals surface area contributed by atoms with E-state index in [1.165, 1.54) is 6.92 Å². The van der Waals surface area contributed by atoms with E-state index in [0.29, 0.717) is 0 Å². The third kappa shape index (κ3) is 22.6. The van der Waals surface area contributed by atoms with Crippen molar-refractivity contribution in [2.24, 2.45) is 23.7 Å². The number of thiol groups is 1. The number of carbonyl (C=O) groups is 9. The zero-order valence-corrected chi connectivity index (χ0v) is 50.2. The number of benzene rings is 2. The number of aliphatic carboxylic acids is 1. The fourth-order valence-corrected chi connectivity index (χ4v) is 9.26. The third-order valence-corrected chi connectivity index (χ3v) is 12.8. The SMILES string of the molecule is CC(C)C[C@H](NC(=O)[C@H](CS)NC(=O)OCC1c2ccccc2-c2ccccc21)C(=O)N[C@@H](CC(C)C)C(=O)N[C@@H](CC(C)C)C(=O)N[C@@H](CC(C)C)C(=O)N[C@H](C(=O)OC[C@H](NC(=O)OC(C)(C)C)C(=O)O)[C@@H](C)OC(C)(C)C. The van der Waals surface area contributed by atoms with Crippen molar-refractivity contribution in [3.8, 4) is 11.1 Å². The standard InChI is InChI=1S/C58H89N7O14S/c1-31(2)24-41(60-50(68)43(26-33(5)6)62-52(70)46(30-80)64-55(74)77-28-40-38-22-18-16-20-36(38)37-21-17-19-23-39(37)40)48(66)59-42(25-32(3)4)49(67)61-44(27-34(7)8)51(69)65-47(35(9)78-57(10,11)12)54(73)76-29-45(53(71)72)63-56(75)79-58(13,14)15/h16-23,31-35,40-47,80H,24-30H2,1-15H3,(H,59,66)(H,60,68)(H,61,67)(H,62,70)(H,63,75)(H,64,74)(H,65,69)(H,71,72)/t35-,41+,42+,43+,44+,45+,46+,47+/m1/s1. The van der Waals surface area contributed by atoms with Crippen molar-refractivity contribution in [3.05, 3.63) is 59.7 Å². The Labute approximate surface area is 477 Å². The zero-order valence-electron chi connectivity index (χ0n) is 49.3. The van der Waals surface area contributed by atoms with Gasteiger partial charge in [0.2, 0.25) is 29.5 Å². The summed E-state index contributed by atoms with van der Waals surface area (Å²) in [5.41, 5.74) is 2.35. The molecule has 8 atom stereocenters. The minimum absolute atomic E-state index is 0.0108. The average molecular weight is 1140 g/mol. The van der Waals surface area contributed by atoms with Crippen molar-refractivity contribution in [1.82, 2.24) is 37.2 Å². The van der Waals surface area contributed by atoms with Gasteiger partial charge in [-0.15, -0.1) is 0 Å². The van der Waals surface area contributed by atoms with Crippen LogP contribution in [0, 0.1) is 23.7 Å². The van der Waals surface area contributed by atoms with Gasteiger partial charge in [0.25, 0.3) is 0 Å². The molecule has 0 saturated carbocycles. The van der Waals surface area contributed by atoms with E-state index in [-0.39, 0.29) is 67.6 Å². The molecule has 1 aliphatic carbocycles. The first-order chi connectivity index (χ1) is 37.2. The van der Waals surface area contributed by atoms with E-state index in [1.54, 1.807) is 41.5 Å². The number of esters is 1. The minimum Gasteiger partial charge on any atom is -0.480 e. The number of ether oxygens (including phenoxy) is 4.